The van der Waals surface area contributed by atoms with E-state index < -0.39 is 0 Å². The van der Waals surface area contributed by atoms with E-state index in [0.717, 1.165) is 19.5 Å². The lowest BCUT2D eigenvalue weighted by Crippen LogP contribution is -2.30. The van der Waals surface area contributed by atoms with E-state index in [-0.39, 0.29) is 12.1 Å². The molecule has 1 heterocycles. The van der Waals surface area contributed by atoms with Crippen molar-refractivity contribution in [3.8, 4) is 0 Å². The van der Waals surface area contributed by atoms with Crippen LogP contribution in [0.4, 0.5) is 0 Å². The molecule has 0 radical (unpaired) electrons. The zero-order valence-corrected chi connectivity index (χ0v) is 10.4. The molecule has 1 unspecified atom stereocenters. The number of esters is 1. The third-order valence-corrected chi connectivity index (χ3v) is 2.34. The molecule has 0 bridgehead atoms. The number of likely N-dealkylation sites (tertiary alicyclic amines) is 1. The maximum absolute atomic E-state index is 10.6. The van der Waals surface area contributed by atoms with Gasteiger partial charge in [-0.1, -0.05) is 0 Å². The van der Waals surface area contributed by atoms with E-state index in [1.807, 2.05) is 0 Å². The van der Waals surface area contributed by atoms with Gasteiger partial charge in [-0.05, 0) is 20.3 Å². The minimum atomic E-state index is -0.161. The van der Waals surface area contributed by atoms with Gasteiger partial charge in [0.1, 0.15) is 6.10 Å². The minimum Gasteiger partial charge on any atom is -0.471 e. The second-order valence-corrected chi connectivity index (χ2v) is 3.94. The van der Waals surface area contributed by atoms with E-state index in [4.69, 9.17) is 9.53 Å². The third kappa shape index (κ3) is 6.40. The number of methoxy groups -OCH3 is 1. The Balaban J connectivity index is 0.000000487. The van der Waals surface area contributed by atoms with Gasteiger partial charge in [0.2, 0.25) is 0 Å². The Hall–Kier alpha value is -1.10. The van der Waals surface area contributed by atoms with Crippen molar-refractivity contribution in [2.24, 2.45) is 0 Å². The molecule has 0 saturated carbocycles. The normalized spacial score (nSPS) is 19.9. The summed E-state index contributed by atoms with van der Waals surface area (Å²) in [6, 6.07) is 0.561. The predicted molar refractivity (Wildman–Crippen MR) is 60.0 cm³/mol. The first-order valence-corrected chi connectivity index (χ1v) is 5.39. The highest BCUT2D eigenvalue weighted by Gasteiger charge is 2.25. The molecule has 1 fully saturated rings. The van der Waals surface area contributed by atoms with Crippen LogP contribution in [0.15, 0.2) is 0 Å². The zero-order valence-electron chi connectivity index (χ0n) is 10.4. The van der Waals surface area contributed by atoms with Crippen LogP contribution >= 0.6 is 0 Å². The largest absolute Gasteiger partial charge is 0.471 e. The van der Waals surface area contributed by atoms with E-state index in [1.54, 1.807) is 0 Å². The fourth-order valence-electron chi connectivity index (χ4n) is 1.55. The molecule has 0 aromatic rings. The standard InChI is InChI=1S/C9H17NO2.C2H4O2/c1-7(2)10-5-4-9(6-10)12-8(3)11;1-4-2-3/h7,9H,4-6H2,1-3H3;2H,1H3. The summed E-state index contributed by atoms with van der Waals surface area (Å²) in [5, 5.41) is 0. The van der Waals surface area contributed by atoms with Crippen molar-refractivity contribution in [2.45, 2.75) is 39.3 Å². The van der Waals surface area contributed by atoms with Crippen LogP contribution in [0, 0.1) is 0 Å². The van der Waals surface area contributed by atoms with Crippen LogP contribution in [0.1, 0.15) is 27.2 Å². The van der Waals surface area contributed by atoms with Crippen molar-refractivity contribution in [1.82, 2.24) is 4.90 Å². The molecule has 0 amide bonds. The van der Waals surface area contributed by atoms with Gasteiger partial charge in [0.25, 0.3) is 6.47 Å². The summed E-state index contributed by atoms with van der Waals surface area (Å²) in [5.41, 5.74) is 0. The third-order valence-electron chi connectivity index (χ3n) is 2.34. The first-order valence-electron chi connectivity index (χ1n) is 5.39. The van der Waals surface area contributed by atoms with Gasteiger partial charge in [0, 0.05) is 26.1 Å². The van der Waals surface area contributed by atoms with Crippen molar-refractivity contribution < 1.29 is 19.1 Å². The first kappa shape index (κ1) is 14.9. The summed E-state index contributed by atoms with van der Waals surface area (Å²) in [4.78, 5) is 21.9. The van der Waals surface area contributed by atoms with E-state index in [0.29, 0.717) is 12.5 Å². The molecule has 0 spiro atoms. The molecule has 16 heavy (non-hydrogen) atoms. The zero-order chi connectivity index (χ0) is 12.6. The van der Waals surface area contributed by atoms with E-state index >= 15 is 0 Å². The molecule has 0 aromatic heterocycles. The Morgan fingerprint density at radius 2 is 2.06 bits per heavy atom. The summed E-state index contributed by atoms with van der Waals surface area (Å²) in [6.07, 6.45) is 1.11. The molecule has 94 valence electrons. The van der Waals surface area contributed by atoms with Crippen LogP contribution in [0.2, 0.25) is 0 Å². The first-order chi connectivity index (χ1) is 7.51. The molecule has 1 aliphatic rings. The number of ether oxygens (including phenoxy) is 2. The number of rotatable bonds is 3. The van der Waals surface area contributed by atoms with Crippen LogP contribution in [0.5, 0.6) is 0 Å². The smallest absolute Gasteiger partial charge is 0.302 e. The van der Waals surface area contributed by atoms with Gasteiger partial charge in [-0.3, -0.25) is 14.5 Å². The lowest BCUT2D eigenvalue weighted by Gasteiger charge is -2.19. The van der Waals surface area contributed by atoms with Crippen molar-refractivity contribution in [1.29, 1.82) is 0 Å². The Morgan fingerprint density at radius 3 is 2.38 bits per heavy atom. The monoisotopic (exact) mass is 231 g/mol. The predicted octanol–water partition coefficient (Wildman–Crippen LogP) is 0.821. The van der Waals surface area contributed by atoms with E-state index in [2.05, 4.69) is 23.5 Å². The van der Waals surface area contributed by atoms with Crippen molar-refractivity contribution in [2.75, 3.05) is 20.2 Å². The molecule has 0 aromatic carbocycles. The summed E-state index contributed by atoms with van der Waals surface area (Å²) in [7, 11) is 1.31. The molecule has 1 aliphatic heterocycles. The molecule has 0 aliphatic carbocycles. The van der Waals surface area contributed by atoms with Crippen LogP contribution in [-0.2, 0) is 19.1 Å². The van der Waals surface area contributed by atoms with Crippen molar-refractivity contribution >= 4 is 12.4 Å². The highest BCUT2D eigenvalue weighted by Crippen LogP contribution is 2.14. The molecule has 1 atom stereocenters. The minimum absolute atomic E-state index is 0.130. The van der Waals surface area contributed by atoms with Crippen LogP contribution < -0.4 is 0 Å². The fraction of sp³-hybridized carbons (Fsp3) is 0.818. The highest BCUT2D eigenvalue weighted by atomic mass is 16.5. The van der Waals surface area contributed by atoms with E-state index in [1.165, 1.54) is 14.0 Å². The summed E-state index contributed by atoms with van der Waals surface area (Å²) in [5.74, 6) is -0.161. The summed E-state index contributed by atoms with van der Waals surface area (Å²) < 4.78 is 8.97. The topological polar surface area (TPSA) is 55.8 Å². The van der Waals surface area contributed by atoms with Crippen LogP contribution in [-0.4, -0.2) is 49.7 Å². The number of hydrogen-bond acceptors (Lipinski definition) is 5. The molecule has 5 heteroatoms. The molecular weight excluding hydrogens is 210 g/mol. The quantitative estimate of drug-likeness (QED) is 0.531. The summed E-state index contributed by atoms with van der Waals surface area (Å²) in [6.45, 7) is 8.12. The second kappa shape index (κ2) is 8.10. The number of carbonyl (C=O) groups is 2. The maximum atomic E-state index is 10.6. The summed E-state index contributed by atoms with van der Waals surface area (Å²) >= 11 is 0. The lowest BCUT2D eigenvalue weighted by molar-refractivity contribution is -0.145. The average molecular weight is 231 g/mol. The molecule has 0 N–H and O–H groups in total. The SMILES string of the molecule is CC(=O)OC1CCN(C(C)C)C1.COC=O. The van der Waals surface area contributed by atoms with Gasteiger partial charge in [0.15, 0.2) is 0 Å². The number of nitrogens with zero attached hydrogens (tertiary/aromatic N) is 1. The fourth-order valence-corrected chi connectivity index (χ4v) is 1.55. The molecule has 5 nitrogen and oxygen atoms in total. The van der Waals surface area contributed by atoms with Gasteiger partial charge >= 0.3 is 5.97 Å². The Bertz CT molecular complexity index is 218. The molecule has 1 saturated heterocycles. The van der Waals surface area contributed by atoms with Gasteiger partial charge in [0.05, 0.1) is 7.11 Å². The van der Waals surface area contributed by atoms with Crippen LogP contribution in [0.25, 0.3) is 0 Å². The lowest BCUT2D eigenvalue weighted by atomic mass is 10.3. The Morgan fingerprint density at radius 1 is 1.50 bits per heavy atom. The van der Waals surface area contributed by atoms with Gasteiger partial charge in [-0.15, -0.1) is 0 Å². The van der Waals surface area contributed by atoms with Crippen LogP contribution in [0.3, 0.4) is 0 Å². The van der Waals surface area contributed by atoms with Gasteiger partial charge < -0.3 is 9.47 Å². The Labute approximate surface area is 96.7 Å². The Kier molecular flexibility index (Phi) is 7.54. The maximum Gasteiger partial charge on any atom is 0.302 e. The van der Waals surface area contributed by atoms with Gasteiger partial charge in [-0.2, -0.15) is 0 Å². The van der Waals surface area contributed by atoms with Crippen molar-refractivity contribution in [3.05, 3.63) is 0 Å². The van der Waals surface area contributed by atoms with E-state index in [9.17, 15) is 4.79 Å². The van der Waals surface area contributed by atoms with Crippen molar-refractivity contribution in [3.63, 3.8) is 0 Å². The number of carbonyl (C=O) groups excluding carboxylic acids is 2. The molecular formula is C11H21NO4. The molecule has 1 rings (SSSR count). The average Bonchev–Trinajstić information content (AvgIpc) is 2.66. The highest BCUT2D eigenvalue weighted by molar-refractivity contribution is 5.66. The second-order valence-electron chi connectivity index (χ2n) is 3.94. The van der Waals surface area contributed by atoms with Gasteiger partial charge in [-0.25, -0.2) is 0 Å². The number of hydrogen-bond donors (Lipinski definition) is 0.